The zero-order valence-corrected chi connectivity index (χ0v) is 14.4. The molecule has 1 aliphatic heterocycles. The Morgan fingerprint density at radius 1 is 1.16 bits per heavy atom. The van der Waals surface area contributed by atoms with Gasteiger partial charge in [-0.15, -0.1) is 0 Å². The molecule has 4 rings (SSSR count). The quantitative estimate of drug-likeness (QED) is 0.469. The maximum atomic E-state index is 12.9. The predicted octanol–water partition coefficient (Wildman–Crippen LogP) is 3.18. The van der Waals surface area contributed by atoms with Crippen molar-refractivity contribution in [2.45, 2.75) is 39.0 Å². The smallest absolute Gasteiger partial charge is 0.338 e. The van der Waals surface area contributed by atoms with Crippen molar-refractivity contribution in [3.8, 4) is 0 Å². The van der Waals surface area contributed by atoms with E-state index in [1.54, 1.807) is 24.3 Å². The Kier molecular flexibility index (Phi) is 4.10. The lowest BCUT2D eigenvalue weighted by Gasteiger charge is -2.19. The van der Waals surface area contributed by atoms with Gasteiger partial charge in [0.1, 0.15) is 0 Å². The van der Waals surface area contributed by atoms with E-state index in [9.17, 15) is 14.4 Å². The summed E-state index contributed by atoms with van der Waals surface area (Å²) < 4.78 is 5.23. The highest BCUT2D eigenvalue weighted by molar-refractivity contribution is 6.22. The summed E-state index contributed by atoms with van der Waals surface area (Å²) >= 11 is 0. The second-order valence-corrected chi connectivity index (χ2v) is 7.44. The van der Waals surface area contributed by atoms with Crippen LogP contribution in [0.5, 0.6) is 0 Å². The number of hydrogen-bond donors (Lipinski definition) is 0. The number of nitrogens with zero attached hydrogens (tertiary/aromatic N) is 1. The third-order valence-electron chi connectivity index (χ3n) is 6.00. The number of hydrogen-bond acceptors (Lipinski definition) is 4. The molecule has 1 saturated heterocycles. The van der Waals surface area contributed by atoms with Crippen LogP contribution in [0, 0.1) is 23.7 Å². The van der Waals surface area contributed by atoms with Crippen LogP contribution in [0.25, 0.3) is 0 Å². The van der Waals surface area contributed by atoms with Crippen molar-refractivity contribution in [2.24, 2.45) is 23.7 Å². The molecule has 1 aromatic carbocycles. The molecular formula is C20H23NO4. The molecule has 0 spiro atoms. The molecule has 2 aliphatic carbocycles. The molecule has 1 aromatic rings. The van der Waals surface area contributed by atoms with Crippen LogP contribution in [-0.4, -0.2) is 24.4 Å². The molecule has 3 aliphatic rings. The number of benzene rings is 1. The van der Waals surface area contributed by atoms with Crippen molar-refractivity contribution < 1.29 is 19.1 Å². The Labute approximate surface area is 147 Å². The molecule has 5 heteroatoms. The van der Waals surface area contributed by atoms with E-state index in [-0.39, 0.29) is 23.7 Å². The number of amides is 2. The molecule has 1 heterocycles. The highest BCUT2D eigenvalue weighted by atomic mass is 16.5. The number of rotatable bonds is 5. The number of unbranched alkanes of at least 4 members (excludes halogenated alkanes) is 1. The monoisotopic (exact) mass is 341 g/mol. The second kappa shape index (κ2) is 6.28. The zero-order valence-electron chi connectivity index (χ0n) is 14.4. The SMILES string of the molecule is CCCCOC(=O)c1cccc(N2C(=O)[C@H]3[C@@H]4CC[C@@H](C4)[C@@H]3C2=O)c1. The van der Waals surface area contributed by atoms with Crippen LogP contribution in [0.2, 0.25) is 0 Å². The molecule has 132 valence electrons. The van der Waals surface area contributed by atoms with Crippen LogP contribution in [-0.2, 0) is 14.3 Å². The lowest BCUT2D eigenvalue weighted by atomic mass is 9.81. The van der Waals surface area contributed by atoms with Crippen LogP contribution < -0.4 is 4.90 Å². The number of carbonyl (C=O) groups excluding carboxylic acids is 3. The van der Waals surface area contributed by atoms with Crippen LogP contribution in [0.3, 0.4) is 0 Å². The van der Waals surface area contributed by atoms with Gasteiger partial charge in [0.25, 0.3) is 0 Å². The molecular weight excluding hydrogens is 318 g/mol. The van der Waals surface area contributed by atoms with E-state index in [2.05, 4.69) is 0 Å². The molecule has 2 saturated carbocycles. The van der Waals surface area contributed by atoms with Crippen LogP contribution in [0.4, 0.5) is 5.69 Å². The van der Waals surface area contributed by atoms with Gasteiger partial charge in [-0.2, -0.15) is 0 Å². The normalized spacial score (nSPS) is 30.0. The third kappa shape index (κ3) is 2.57. The van der Waals surface area contributed by atoms with Gasteiger partial charge >= 0.3 is 5.97 Å². The molecule has 0 aromatic heterocycles. The minimum absolute atomic E-state index is 0.0845. The summed E-state index contributed by atoms with van der Waals surface area (Å²) in [6, 6.07) is 6.69. The number of anilines is 1. The van der Waals surface area contributed by atoms with E-state index in [4.69, 9.17) is 4.74 Å². The first-order valence-corrected chi connectivity index (χ1v) is 9.26. The third-order valence-corrected chi connectivity index (χ3v) is 6.00. The fourth-order valence-electron chi connectivity index (χ4n) is 4.83. The maximum absolute atomic E-state index is 12.9. The van der Waals surface area contributed by atoms with Crippen LogP contribution in [0.15, 0.2) is 24.3 Å². The predicted molar refractivity (Wildman–Crippen MR) is 91.9 cm³/mol. The molecule has 4 atom stereocenters. The van der Waals surface area contributed by atoms with Gasteiger partial charge in [0, 0.05) is 0 Å². The molecule has 0 N–H and O–H groups in total. The second-order valence-electron chi connectivity index (χ2n) is 7.44. The number of fused-ring (bicyclic) bond motifs is 5. The summed E-state index contributed by atoms with van der Waals surface area (Å²) in [4.78, 5) is 39.2. The highest BCUT2D eigenvalue weighted by Crippen LogP contribution is 2.56. The Bertz CT molecular complexity index is 700. The Morgan fingerprint density at radius 3 is 2.48 bits per heavy atom. The number of ether oxygens (including phenoxy) is 1. The largest absolute Gasteiger partial charge is 0.462 e. The maximum Gasteiger partial charge on any atom is 0.338 e. The summed E-state index contributed by atoms with van der Waals surface area (Å²) in [6.07, 6.45) is 4.91. The topological polar surface area (TPSA) is 63.7 Å². The molecule has 3 fully saturated rings. The average Bonchev–Trinajstić information content (AvgIpc) is 3.29. The Balaban J connectivity index is 1.56. The fourth-order valence-corrected chi connectivity index (χ4v) is 4.83. The van der Waals surface area contributed by atoms with Gasteiger partial charge in [0.2, 0.25) is 11.8 Å². The van der Waals surface area contributed by atoms with Gasteiger partial charge in [-0.25, -0.2) is 4.79 Å². The van der Waals surface area contributed by atoms with E-state index >= 15 is 0 Å². The van der Waals surface area contributed by atoms with Gasteiger partial charge in [-0.05, 0) is 55.7 Å². The Morgan fingerprint density at radius 2 is 1.84 bits per heavy atom. The van der Waals surface area contributed by atoms with Gasteiger partial charge in [0.15, 0.2) is 0 Å². The average molecular weight is 341 g/mol. The summed E-state index contributed by atoms with van der Waals surface area (Å²) in [7, 11) is 0. The molecule has 0 unspecified atom stereocenters. The van der Waals surface area contributed by atoms with Crippen molar-refractivity contribution in [3.63, 3.8) is 0 Å². The summed E-state index contributed by atoms with van der Waals surface area (Å²) in [5.74, 6) is -0.151. The standard InChI is InChI=1S/C20H23NO4/c1-2-3-9-25-20(24)14-5-4-6-15(11-14)21-18(22)16-12-7-8-13(10-12)17(16)19(21)23/h4-6,11-13,16-17H,2-3,7-10H2,1H3/t12-,13+,16-,17-/m0/s1. The highest BCUT2D eigenvalue weighted by Gasteiger charge is 2.61. The van der Waals surface area contributed by atoms with E-state index < -0.39 is 5.97 Å². The van der Waals surface area contributed by atoms with Gasteiger partial charge in [0.05, 0.1) is 29.7 Å². The Hall–Kier alpha value is -2.17. The van der Waals surface area contributed by atoms with E-state index in [1.807, 2.05) is 6.92 Å². The van der Waals surface area contributed by atoms with Gasteiger partial charge in [-0.1, -0.05) is 19.4 Å². The first kappa shape index (κ1) is 16.3. The van der Waals surface area contributed by atoms with Crippen LogP contribution in [0.1, 0.15) is 49.4 Å². The fraction of sp³-hybridized carbons (Fsp3) is 0.550. The summed E-state index contributed by atoms with van der Waals surface area (Å²) in [5, 5.41) is 0. The first-order valence-electron chi connectivity index (χ1n) is 9.26. The van der Waals surface area contributed by atoms with Gasteiger partial charge < -0.3 is 4.74 Å². The molecule has 2 amide bonds. The van der Waals surface area contributed by atoms with Crippen LogP contribution >= 0.6 is 0 Å². The molecule has 2 bridgehead atoms. The lowest BCUT2D eigenvalue weighted by Crippen LogP contribution is -2.32. The van der Waals surface area contributed by atoms with Crippen molar-refractivity contribution >= 4 is 23.5 Å². The minimum Gasteiger partial charge on any atom is -0.462 e. The van der Waals surface area contributed by atoms with Crippen molar-refractivity contribution in [1.29, 1.82) is 0 Å². The number of carbonyl (C=O) groups is 3. The number of imide groups is 1. The minimum atomic E-state index is -0.408. The van der Waals surface area contributed by atoms with E-state index in [1.165, 1.54) is 4.90 Å². The molecule has 5 nitrogen and oxygen atoms in total. The summed E-state index contributed by atoms with van der Waals surface area (Å²) in [5.41, 5.74) is 0.878. The van der Waals surface area contributed by atoms with E-state index in [0.29, 0.717) is 29.7 Å². The molecule has 25 heavy (non-hydrogen) atoms. The first-order chi connectivity index (χ1) is 12.1. The van der Waals surface area contributed by atoms with Gasteiger partial charge in [-0.3, -0.25) is 14.5 Å². The summed E-state index contributed by atoms with van der Waals surface area (Å²) in [6.45, 7) is 2.41. The molecule has 0 radical (unpaired) electrons. The van der Waals surface area contributed by atoms with Crippen molar-refractivity contribution in [2.75, 3.05) is 11.5 Å². The zero-order chi connectivity index (χ0) is 17.6. The number of esters is 1. The lowest BCUT2D eigenvalue weighted by molar-refractivity contribution is -0.123. The van der Waals surface area contributed by atoms with Crippen molar-refractivity contribution in [3.05, 3.63) is 29.8 Å². The van der Waals surface area contributed by atoms with E-state index in [0.717, 1.165) is 32.1 Å². The van der Waals surface area contributed by atoms with Crippen molar-refractivity contribution in [1.82, 2.24) is 0 Å².